The first kappa shape index (κ1) is 14.2. The average molecular weight is 271 g/mol. The van der Waals surface area contributed by atoms with Gasteiger partial charge in [-0.15, -0.1) is 11.8 Å². The molecule has 0 bridgehead atoms. The Bertz CT molecular complexity index is 536. The van der Waals surface area contributed by atoms with E-state index in [1.165, 1.54) is 21.6 Å². The molecular formula is C17H21NS. The molecule has 2 heteroatoms. The van der Waals surface area contributed by atoms with E-state index in [4.69, 9.17) is 0 Å². The van der Waals surface area contributed by atoms with E-state index in [0.29, 0.717) is 6.04 Å². The maximum absolute atomic E-state index is 3.45. The minimum absolute atomic E-state index is 0.366. The normalized spacial score (nSPS) is 12.4. The van der Waals surface area contributed by atoms with Crippen LogP contribution in [0.1, 0.15) is 22.7 Å². The van der Waals surface area contributed by atoms with Crippen LogP contribution in [0.15, 0.2) is 53.4 Å². The van der Waals surface area contributed by atoms with Crippen LogP contribution >= 0.6 is 11.8 Å². The molecule has 0 aliphatic heterocycles. The molecule has 2 rings (SSSR count). The van der Waals surface area contributed by atoms with Crippen molar-refractivity contribution in [3.63, 3.8) is 0 Å². The van der Waals surface area contributed by atoms with Crippen molar-refractivity contribution in [1.29, 1.82) is 0 Å². The molecule has 1 atom stereocenters. The van der Waals surface area contributed by atoms with Crippen LogP contribution in [0.4, 0.5) is 0 Å². The van der Waals surface area contributed by atoms with Crippen LogP contribution in [0.3, 0.4) is 0 Å². The Balaban J connectivity index is 2.25. The molecule has 1 N–H and O–H groups in total. The van der Waals surface area contributed by atoms with E-state index in [-0.39, 0.29) is 0 Å². The van der Waals surface area contributed by atoms with E-state index in [1.54, 1.807) is 0 Å². The molecule has 2 aromatic rings. The van der Waals surface area contributed by atoms with Gasteiger partial charge in [-0.1, -0.05) is 48.0 Å². The Morgan fingerprint density at radius 1 is 1.11 bits per heavy atom. The lowest BCUT2D eigenvalue weighted by atomic mass is 9.98. The molecule has 0 saturated carbocycles. The molecule has 100 valence electrons. The lowest BCUT2D eigenvalue weighted by Gasteiger charge is -2.19. The van der Waals surface area contributed by atoms with Gasteiger partial charge >= 0.3 is 0 Å². The largest absolute Gasteiger partial charge is 0.313 e. The minimum Gasteiger partial charge on any atom is -0.313 e. The van der Waals surface area contributed by atoms with E-state index >= 15 is 0 Å². The second-order valence-electron chi connectivity index (χ2n) is 4.78. The summed E-state index contributed by atoms with van der Waals surface area (Å²) in [6.07, 6.45) is 3.16. The molecule has 2 aromatic carbocycles. The number of rotatable bonds is 5. The van der Waals surface area contributed by atoms with Crippen molar-refractivity contribution < 1.29 is 0 Å². The number of hydrogen-bond donors (Lipinski definition) is 1. The summed E-state index contributed by atoms with van der Waals surface area (Å²) in [5, 5.41) is 3.45. The zero-order valence-corrected chi connectivity index (χ0v) is 12.6. The predicted molar refractivity (Wildman–Crippen MR) is 84.9 cm³/mol. The van der Waals surface area contributed by atoms with E-state index in [2.05, 4.69) is 67.0 Å². The summed E-state index contributed by atoms with van der Waals surface area (Å²) < 4.78 is 0. The van der Waals surface area contributed by atoms with Gasteiger partial charge in [0, 0.05) is 10.9 Å². The van der Waals surface area contributed by atoms with E-state index < -0.39 is 0 Å². The minimum atomic E-state index is 0.366. The van der Waals surface area contributed by atoms with Gasteiger partial charge in [0.2, 0.25) is 0 Å². The van der Waals surface area contributed by atoms with Gasteiger partial charge in [0.1, 0.15) is 0 Å². The summed E-state index contributed by atoms with van der Waals surface area (Å²) >= 11 is 1.81. The van der Waals surface area contributed by atoms with Crippen LogP contribution in [-0.2, 0) is 6.42 Å². The quantitative estimate of drug-likeness (QED) is 0.817. The Hall–Kier alpha value is -1.25. The van der Waals surface area contributed by atoms with Crippen LogP contribution < -0.4 is 5.32 Å². The SMILES string of the molecule is CNC(Cc1cccc(C)c1)c1ccccc1SC. The third kappa shape index (κ3) is 3.62. The van der Waals surface area contributed by atoms with Crippen LogP contribution in [0.25, 0.3) is 0 Å². The molecule has 0 amide bonds. The van der Waals surface area contributed by atoms with Gasteiger partial charge in [-0.2, -0.15) is 0 Å². The van der Waals surface area contributed by atoms with Gasteiger partial charge in [-0.25, -0.2) is 0 Å². The monoisotopic (exact) mass is 271 g/mol. The van der Waals surface area contributed by atoms with Crippen LogP contribution in [0.5, 0.6) is 0 Å². The van der Waals surface area contributed by atoms with Crippen molar-refractivity contribution >= 4 is 11.8 Å². The number of hydrogen-bond acceptors (Lipinski definition) is 2. The first-order valence-electron chi connectivity index (χ1n) is 6.60. The summed E-state index contributed by atoms with van der Waals surface area (Å²) in [5.74, 6) is 0. The summed E-state index contributed by atoms with van der Waals surface area (Å²) in [5.41, 5.74) is 4.10. The van der Waals surface area contributed by atoms with Gasteiger partial charge in [0.25, 0.3) is 0 Å². The van der Waals surface area contributed by atoms with Crippen molar-refractivity contribution in [3.05, 3.63) is 65.2 Å². The first-order chi connectivity index (χ1) is 9.24. The van der Waals surface area contributed by atoms with Crippen molar-refractivity contribution in [1.82, 2.24) is 5.32 Å². The van der Waals surface area contributed by atoms with Gasteiger partial charge < -0.3 is 5.32 Å². The smallest absolute Gasteiger partial charge is 0.0369 e. The van der Waals surface area contributed by atoms with Gasteiger partial charge in [-0.05, 0) is 43.8 Å². The number of thioether (sulfide) groups is 1. The summed E-state index contributed by atoms with van der Waals surface area (Å²) in [6, 6.07) is 17.8. The fraction of sp³-hybridized carbons (Fsp3) is 0.294. The van der Waals surface area contributed by atoms with Crippen molar-refractivity contribution in [2.24, 2.45) is 0 Å². The molecule has 0 heterocycles. The topological polar surface area (TPSA) is 12.0 Å². The highest BCUT2D eigenvalue weighted by molar-refractivity contribution is 7.98. The third-order valence-corrected chi connectivity index (χ3v) is 4.20. The summed E-state index contributed by atoms with van der Waals surface area (Å²) in [4.78, 5) is 1.36. The number of aryl methyl sites for hydroxylation is 1. The van der Waals surface area contributed by atoms with Crippen LogP contribution in [0.2, 0.25) is 0 Å². The first-order valence-corrected chi connectivity index (χ1v) is 7.82. The molecule has 0 aromatic heterocycles. The molecule has 0 aliphatic rings. The van der Waals surface area contributed by atoms with Crippen molar-refractivity contribution in [2.45, 2.75) is 24.3 Å². The summed E-state index contributed by atoms with van der Waals surface area (Å²) in [7, 11) is 2.04. The zero-order valence-electron chi connectivity index (χ0n) is 11.8. The molecule has 0 aliphatic carbocycles. The maximum Gasteiger partial charge on any atom is 0.0369 e. The second-order valence-corrected chi connectivity index (χ2v) is 5.62. The van der Waals surface area contributed by atoms with Crippen LogP contribution in [-0.4, -0.2) is 13.3 Å². The molecule has 0 spiro atoms. The van der Waals surface area contributed by atoms with Crippen molar-refractivity contribution in [2.75, 3.05) is 13.3 Å². The molecular weight excluding hydrogens is 250 g/mol. The predicted octanol–water partition coefficient (Wildman–Crippen LogP) is 4.22. The standard InChI is InChI=1S/C17H21NS/c1-13-7-6-8-14(11-13)12-16(18-2)15-9-4-5-10-17(15)19-3/h4-11,16,18H,12H2,1-3H3. The van der Waals surface area contributed by atoms with Gasteiger partial charge in [0.15, 0.2) is 0 Å². The Morgan fingerprint density at radius 3 is 2.58 bits per heavy atom. The molecule has 1 unspecified atom stereocenters. The lowest BCUT2D eigenvalue weighted by Crippen LogP contribution is -2.19. The fourth-order valence-corrected chi connectivity index (χ4v) is 3.06. The van der Waals surface area contributed by atoms with E-state index in [0.717, 1.165) is 6.42 Å². The highest BCUT2D eigenvalue weighted by Crippen LogP contribution is 2.27. The highest BCUT2D eigenvalue weighted by atomic mass is 32.2. The lowest BCUT2D eigenvalue weighted by molar-refractivity contribution is 0.583. The molecule has 19 heavy (non-hydrogen) atoms. The summed E-state index contributed by atoms with van der Waals surface area (Å²) in [6.45, 7) is 2.15. The highest BCUT2D eigenvalue weighted by Gasteiger charge is 2.13. The second kappa shape index (κ2) is 6.78. The van der Waals surface area contributed by atoms with E-state index in [9.17, 15) is 0 Å². The number of likely N-dealkylation sites (N-methyl/N-ethyl adjacent to an activating group) is 1. The van der Waals surface area contributed by atoms with Gasteiger partial charge in [0.05, 0.1) is 0 Å². The molecule has 0 radical (unpaired) electrons. The Kier molecular flexibility index (Phi) is 5.06. The number of nitrogens with one attached hydrogen (secondary N) is 1. The zero-order chi connectivity index (χ0) is 13.7. The molecule has 1 nitrogen and oxygen atoms in total. The van der Waals surface area contributed by atoms with Gasteiger partial charge in [-0.3, -0.25) is 0 Å². The average Bonchev–Trinajstić information content (AvgIpc) is 2.45. The van der Waals surface area contributed by atoms with Crippen molar-refractivity contribution in [3.8, 4) is 0 Å². The van der Waals surface area contributed by atoms with E-state index in [1.807, 2.05) is 18.8 Å². The maximum atomic E-state index is 3.45. The third-order valence-electron chi connectivity index (χ3n) is 3.39. The molecule has 0 fully saturated rings. The number of benzene rings is 2. The fourth-order valence-electron chi connectivity index (χ4n) is 2.40. The Morgan fingerprint density at radius 2 is 1.89 bits per heavy atom. The Labute approximate surface area is 120 Å². The van der Waals surface area contributed by atoms with Crippen LogP contribution in [0, 0.1) is 6.92 Å². The molecule has 0 saturated heterocycles.